The molecule has 1 saturated heterocycles. The second-order valence-electron chi connectivity index (χ2n) is 5.73. The Hall–Kier alpha value is -1.50. The van der Waals surface area contributed by atoms with Crippen LogP contribution in [0.3, 0.4) is 0 Å². The monoisotopic (exact) mass is 453 g/mol. The molecule has 1 amide bonds. The number of amides is 1. The molecule has 1 aliphatic rings. The van der Waals surface area contributed by atoms with Gasteiger partial charge in [0.2, 0.25) is 0 Å². The zero-order chi connectivity index (χ0) is 18.7. The SMILES string of the molecule is CCOC(=O)C1CSC(c2cccc(Cl)c2)N1C(=O)c1cccc(Br)c1. The van der Waals surface area contributed by atoms with Crippen LogP contribution in [0.2, 0.25) is 5.02 Å². The van der Waals surface area contributed by atoms with E-state index in [1.54, 1.807) is 36.1 Å². The Morgan fingerprint density at radius 2 is 2.04 bits per heavy atom. The summed E-state index contributed by atoms with van der Waals surface area (Å²) in [5, 5.41) is 0.298. The van der Waals surface area contributed by atoms with Crippen LogP contribution in [0.15, 0.2) is 53.0 Å². The number of esters is 1. The lowest BCUT2D eigenvalue weighted by atomic mass is 10.1. The molecule has 7 heteroatoms. The second kappa shape index (κ2) is 8.46. The maximum Gasteiger partial charge on any atom is 0.329 e. The number of hydrogen-bond acceptors (Lipinski definition) is 4. The van der Waals surface area contributed by atoms with E-state index in [-0.39, 0.29) is 23.9 Å². The van der Waals surface area contributed by atoms with Gasteiger partial charge in [0.15, 0.2) is 0 Å². The Kier molecular flexibility index (Phi) is 6.27. The van der Waals surface area contributed by atoms with Crippen LogP contribution >= 0.6 is 39.3 Å². The average molecular weight is 455 g/mol. The molecule has 0 spiro atoms. The molecule has 0 aromatic heterocycles. The molecule has 2 aromatic carbocycles. The highest BCUT2D eigenvalue weighted by atomic mass is 79.9. The van der Waals surface area contributed by atoms with Gasteiger partial charge in [0, 0.05) is 20.8 Å². The number of benzene rings is 2. The van der Waals surface area contributed by atoms with Gasteiger partial charge in [-0.25, -0.2) is 4.79 Å². The summed E-state index contributed by atoms with van der Waals surface area (Å²) in [4.78, 5) is 27.3. The largest absolute Gasteiger partial charge is 0.464 e. The molecule has 1 fully saturated rings. The lowest BCUT2D eigenvalue weighted by Gasteiger charge is -2.28. The molecule has 0 aliphatic carbocycles. The highest BCUT2D eigenvalue weighted by Gasteiger charge is 2.43. The van der Waals surface area contributed by atoms with Crippen LogP contribution in [0.4, 0.5) is 0 Å². The molecule has 0 N–H and O–H groups in total. The van der Waals surface area contributed by atoms with Crippen molar-refractivity contribution in [2.24, 2.45) is 0 Å². The molecule has 4 nitrogen and oxygen atoms in total. The molecular weight excluding hydrogens is 438 g/mol. The number of thioether (sulfide) groups is 1. The first-order valence-corrected chi connectivity index (χ1v) is 10.3. The smallest absolute Gasteiger partial charge is 0.329 e. The molecule has 0 radical (unpaired) electrons. The number of nitrogens with zero attached hydrogens (tertiary/aromatic N) is 1. The quantitative estimate of drug-likeness (QED) is 0.615. The van der Waals surface area contributed by atoms with Crippen LogP contribution in [0, 0.1) is 0 Å². The van der Waals surface area contributed by atoms with Gasteiger partial charge < -0.3 is 9.64 Å². The van der Waals surface area contributed by atoms with E-state index in [9.17, 15) is 9.59 Å². The molecule has 0 bridgehead atoms. The lowest BCUT2D eigenvalue weighted by Crippen LogP contribution is -2.43. The molecule has 1 heterocycles. The molecule has 2 atom stereocenters. The topological polar surface area (TPSA) is 46.6 Å². The van der Waals surface area contributed by atoms with Gasteiger partial charge in [-0.3, -0.25) is 4.79 Å². The van der Waals surface area contributed by atoms with E-state index in [0.717, 1.165) is 10.0 Å². The van der Waals surface area contributed by atoms with Crippen molar-refractivity contribution in [3.63, 3.8) is 0 Å². The standard InChI is InChI=1S/C19H17BrClNO3S/c1-2-25-19(24)16-11-26-18(13-6-4-8-15(21)10-13)22(16)17(23)12-5-3-7-14(20)9-12/h3-10,16,18H,2,11H2,1H3. The van der Waals surface area contributed by atoms with E-state index in [4.69, 9.17) is 16.3 Å². The summed E-state index contributed by atoms with van der Waals surface area (Å²) in [7, 11) is 0. The van der Waals surface area contributed by atoms with Crippen LogP contribution in [0.25, 0.3) is 0 Å². The maximum absolute atomic E-state index is 13.2. The van der Waals surface area contributed by atoms with Crippen LogP contribution < -0.4 is 0 Å². The molecule has 3 rings (SSSR count). The Morgan fingerprint density at radius 3 is 2.73 bits per heavy atom. The summed E-state index contributed by atoms with van der Waals surface area (Å²) >= 11 is 11.1. The summed E-state index contributed by atoms with van der Waals surface area (Å²) < 4.78 is 6.00. The minimum atomic E-state index is -0.629. The molecule has 26 heavy (non-hydrogen) atoms. The van der Waals surface area contributed by atoms with Crippen molar-refractivity contribution >= 4 is 51.2 Å². The van der Waals surface area contributed by atoms with Gasteiger partial charge in [-0.1, -0.05) is 45.7 Å². The fourth-order valence-corrected chi connectivity index (χ4v) is 4.86. The normalized spacial score (nSPS) is 19.4. The molecule has 2 unspecified atom stereocenters. The van der Waals surface area contributed by atoms with Crippen LogP contribution in [0.5, 0.6) is 0 Å². The predicted octanol–water partition coefficient (Wildman–Crippen LogP) is 4.92. The van der Waals surface area contributed by atoms with Gasteiger partial charge in [-0.2, -0.15) is 0 Å². The molecule has 0 saturated carbocycles. The van der Waals surface area contributed by atoms with Gasteiger partial charge in [-0.15, -0.1) is 11.8 Å². The third-order valence-electron chi connectivity index (χ3n) is 4.00. The van der Waals surface area contributed by atoms with Crippen LogP contribution in [-0.2, 0) is 9.53 Å². The highest BCUT2D eigenvalue weighted by Crippen LogP contribution is 2.43. The van der Waals surface area contributed by atoms with E-state index in [2.05, 4.69) is 15.9 Å². The number of carbonyl (C=O) groups is 2. The Morgan fingerprint density at radius 1 is 1.27 bits per heavy atom. The zero-order valence-electron chi connectivity index (χ0n) is 14.0. The minimum Gasteiger partial charge on any atom is -0.464 e. The van der Waals surface area contributed by atoms with Crippen molar-refractivity contribution in [1.29, 1.82) is 0 Å². The van der Waals surface area contributed by atoms with Crippen molar-refractivity contribution < 1.29 is 14.3 Å². The highest BCUT2D eigenvalue weighted by molar-refractivity contribution is 9.10. The average Bonchev–Trinajstić information content (AvgIpc) is 3.06. The van der Waals surface area contributed by atoms with E-state index < -0.39 is 6.04 Å². The van der Waals surface area contributed by atoms with Gasteiger partial charge in [-0.05, 0) is 42.8 Å². The van der Waals surface area contributed by atoms with Crippen LogP contribution in [0.1, 0.15) is 28.2 Å². The molecule has 1 aliphatic heterocycles. The number of carbonyl (C=O) groups excluding carboxylic acids is 2. The molecule has 2 aromatic rings. The summed E-state index contributed by atoms with van der Waals surface area (Å²) in [6.07, 6.45) is 0. The van der Waals surface area contributed by atoms with Gasteiger partial charge >= 0.3 is 5.97 Å². The first-order valence-electron chi connectivity index (χ1n) is 8.13. The minimum absolute atomic E-state index is 0.209. The fraction of sp³-hybridized carbons (Fsp3) is 0.263. The van der Waals surface area contributed by atoms with Gasteiger partial charge in [0.1, 0.15) is 11.4 Å². The first kappa shape index (κ1) is 19.3. The number of hydrogen-bond donors (Lipinski definition) is 0. The summed E-state index contributed by atoms with van der Waals surface area (Å²) in [5.74, 6) is -0.109. The zero-order valence-corrected chi connectivity index (χ0v) is 17.2. The van der Waals surface area contributed by atoms with E-state index in [1.165, 1.54) is 11.8 Å². The van der Waals surface area contributed by atoms with Crippen molar-refractivity contribution in [2.75, 3.05) is 12.4 Å². The van der Waals surface area contributed by atoms with E-state index >= 15 is 0 Å². The van der Waals surface area contributed by atoms with Gasteiger partial charge in [0.05, 0.1) is 6.61 Å². The summed E-state index contributed by atoms with van der Waals surface area (Å²) in [5.41, 5.74) is 1.40. The van der Waals surface area contributed by atoms with E-state index in [0.29, 0.717) is 16.3 Å². The van der Waals surface area contributed by atoms with Crippen molar-refractivity contribution in [3.05, 3.63) is 69.2 Å². The molecule has 136 valence electrons. The number of rotatable bonds is 4. The Labute approximate surface area is 170 Å². The third kappa shape index (κ3) is 4.08. The third-order valence-corrected chi connectivity index (χ3v) is 6.05. The van der Waals surface area contributed by atoms with Crippen LogP contribution in [-0.4, -0.2) is 35.2 Å². The summed E-state index contributed by atoms with van der Waals surface area (Å²) in [6.45, 7) is 2.04. The van der Waals surface area contributed by atoms with E-state index in [1.807, 2.05) is 24.3 Å². The van der Waals surface area contributed by atoms with Crippen molar-refractivity contribution in [3.8, 4) is 0 Å². The second-order valence-corrected chi connectivity index (χ2v) is 8.20. The fourth-order valence-electron chi connectivity index (χ4n) is 2.86. The van der Waals surface area contributed by atoms with Gasteiger partial charge in [0.25, 0.3) is 5.91 Å². The molecular formula is C19H17BrClNO3S. The van der Waals surface area contributed by atoms with Crippen molar-refractivity contribution in [1.82, 2.24) is 4.90 Å². The number of ether oxygens (including phenoxy) is 1. The summed E-state index contributed by atoms with van der Waals surface area (Å²) in [6, 6.07) is 13.9. The predicted molar refractivity (Wildman–Crippen MR) is 107 cm³/mol. The Bertz CT molecular complexity index is 832. The van der Waals surface area contributed by atoms with Crippen molar-refractivity contribution in [2.45, 2.75) is 18.3 Å². The Balaban J connectivity index is 1.99. The number of halogens is 2. The lowest BCUT2D eigenvalue weighted by molar-refractivity contribution is -0.147. The first-order chi connectivity index (χ1) is 12.5. The maximum atomic E-state index is 13.2.